The molecule has 0 heterocycles. The summed E-state index contributed by atoms with van der Waals surface area (Å²) >= 11 is 0. The molecule has 6 heteroatoms. The third-order valence-corrected chi connectivity index (χ3v) is 9.91. The van der Waals surface area contributed by atoms with Gasteiger partial charge in [-0.2, -0.15) is 13.1 Å². The van der Waals surface area contributed by atoms with E-state index in [1.54, 1.807) is 0 Å². The molecule has 0 aliphatic heterocycles. The van der Waals surface area contributed by atoms with E-state index in [0.29, 0.717) is 13.1 Å². The Kier molecular flexibility index (Phi) is 35.2. The summed E-state index contributed by atoms with van der Waals surface area (Å²) in [6.45, 7) is 5.64. The van der Waals surface area contributed by atoms with E-state index in [2.05, 4.69) is 71.9 Å². The highest BCUT2D eigenvalue weighted by molar-refractivity contribution is 7.87. The zero-order valence-corrected chi connectivity index (χ0v) is 32.5. The molecule has 276 valence electrons. The van der Waals surface area contributed by atoms with Crippen LogP contribution in [0.3, 0.4) is 0 Å². The molecule has 0 spiro atoms. The highest BCUT2D eigenvalue weighted by Crippen LogP contribution is 2.16. The lowest BCUT2D eigenvalue weighted by Gasteiger charge is -2.20. The standard InChI is InChI=1S/C41H79N3O2S/c1-5-7-9-11-13-15-17-19-21-23-25-27-29-31-33-35-37-41(43-47(45,46)42-39-40-44(3)4)38-36-34-32-30-28-26-24-22-20-18-16-14-12-10-8-6-2/h13-16,19-22,41-43H,5-12,17-18,23-40H2,1-4H3/b15-13-,16-14-,21-19-,22-20-. The maximum Gasteiger partial charge on any atom is 0.277 e. The van der Waals surface area contributed by atoms with E-state index in [-0.39, 0.29) is 6.04 Å². The van der Waals surface area contributed by atoms with Gasteiger partial charge in [-0.05, 0) is 91.1 Å². The van der Waals surface area contributed by atoms with Crippen LogP contribution in [0.4, 0.5) is 0 Å². The van der Waals surface area contributed by atoms with Gasteiger partial charge in [0.1, 0.15) is 0 Å². The van der Waals surface area contributed by atoms with Crippen molar-refractivity contribution in [2.45, 2.75) is 187 Å². The Hall–Kier alpha value is -1.21. The highest BCUT2D eigenvalue weighted by atomic mass is 32.2. The van der Waals surface area contributed by atoms with Crippen molar-refractivity contribution >= 4 is 10.2 Å². The molecule has 0 amide bonds. The lowest BCUT2D eigenvalue weighted by molar-refractivity contribution is 0.409. The first-order chi connectivity index (χ1) is 22.9. The maximum absolute atomic E-state index is 12.7. The monoisotopic (exact) mass is 678 g/mol. The molecular formula is C41H79N3O2S. The number of hydrogen-bond acceptors (Lipinski definition) is 3. The molecule has 2 N–H and O–H groups in total. The molecule has 0 aromatic heterocycles. The predicted octanol–water partition coefficient (Wildman–Crippen LogP) is 11.7. The van der Waals surface area contributed by atoms with Gasteiger partial charge in [0.05, 0.1) is 0 Å². The number of allylic oxidation sites excluding steroid dienone is 8. The smallest absolute Gasteiger partial charge is 0.277 e. The zero-order chi connectivity index (χ0) is 34.5. The van der Waals surface area contributed by atoms with Crippen molar-refractivity contribution in [3.63, 3.8) is 0 Å². The van der Waals surface area contributed by atoms with Crippen LogP contribution in [0.1, 0.15) is 181 Å². The average molecular weight is 678 g/mol. The van der Waals surface area contributed by atoms with Crippen LogP contribution < -0.4 is 9.44 Å². The van der Waals surface area contributed by atoms with Crippen molar-refractivity contribution in [2.24, 2.45) is 0 Å². The maximum atomic E-state index is 12.7. The van der Waals surface area contributed by atoms with Crippen molar-refractivity contribution in [3.8, 4) is 0 Å². The molecule has 0 rings (SSSR count). The number of likely N-dealkylation sites (N-methyl/N-ethyl adjacent to an activating group) is 1. The third kappa shape index (κ3) is 37.5. The summed E-state index contributed by atoms with van der Waals surface area (Å²) in [7, 11) is 0.452. The minimum atomic E-state index is -3.47. The Morgan fingerprint density at radius 2 is 0.872 bits per heavy atom. The Morgan fingerprint density at radius 3 is 1.26 bits per heavy atom. The van der Waals surface area contributed by atoms with Gasteiger partial charge < -0.3 is 4.90 Å². The van der Waals surface area contributed by atoms with Crippen LogP contribution >= 0.6 is 0 Å². The van der Waals surface area contributed by atoms with Crippen LogP contribution in [0.25, 0.3) is 0 Å². The molecular weight excluding hydrogens is 599 g/mol. The molecule has 5 nitrogen and oxygen atoms in total. The molecule has 0 aliphatic rings. The molecule has 0 fully saturated rings. The van der Waals surface area contributed by atoms with E-state index >= 15 is 0 Å². The van der Waals surface area contributed by atoms with Crippen LogP contribution in [-0.4, -0.2) is 46.5 Å². The lowest BCUT2D eigenvalue weighted by atomic mass is 10.0. The number of nitrogens with one attached hydrogen (secondary N) is 2. The van der Waals surface area contributed by atoms with Crippen molar-refractivity contribution in [2.75, 3.05) is 27.2 Å². The quantitative estimate of drug-likeness (QED) is 0.0512. The van der Waals surface area contributed by atoms with Crippen molar-refractivity contribution in [1.29, 1.82) is 0 Å². The Labute approximate surface area is 294 Å². The van der Waals surface area contributed by atoms with E-state index in [1.165, 1.54) is 128 Å². The lowest BCUT2D eigenvalue weighted by Crippen LogP contribution is -2.44. The minimum Gasteiger partial charge on any atom is -0.308 e. The molecule has 0 bridgehead atoms. The van der Waals surface area contributed by atoms with Crippen molar-refractivity contribution < 1.29 is 8.42 Å². The number of rotatable bonds is 36. The fourth-order valence-corrected chi connectivity index (χ4v) is 6.80. The molecule has 0 atom stereocenters. The Bertz CT molecular complexity index is 816. The second-order valence-electron chi connectivity index (χ2n) is 13.8. The summed E-state index contributed by atoms with van der Waals surface area (Å²) in [6.07, 6.45) is 50.0. The fourth-order valence-electron chi connectivity index (χ4n) is 5.68. The van der Waals surface area contributed by atoms with E-state index in [1.807, 2.05) is 19.0 Å². The van der Waals surface area contributed by atoms with Gasteiger partial charge in [-0.15, -0.1) is 0 Å². The van der Waals surface area contributed by atoms with Crippen molar-refractivity contribution in [1.82, 2.24) is 14.3 Å². The molecule has 0 aliphatic carbocycles. The van der Waals surface area contributed by atoms with Gasteiger partial charge in [-0.1, -0.05) is 152 Å². The highest BCUT2D eigenvalue weighted by Gasteiger charge is 2.17. The Morgan fingerprint density at radius 1 is 0.511 bits per heavy atom. The molecule has 0 radical (unpaired) electrons. The summed E-state index contributed by atoms with van der Waals surface area (Å²) in [5.74, 6) is 0. The van der Waals surface area contributed by atoms with Gasteiger partial charge in [0.25, 0.3) is 10.2 Å². The van der Waals surface area contributed by atoms with Crippen molar-refractivity contribution in [3.05, 3.63) is 48.6 Å². The second-order valence-corrected chi connectivity index (χ2v) is 15.3. The zero-order valence-electron chi connectivity index (χ0n) is 31.7. The second kappa shape index (κ2) is 36.1. The van der Waals surface area contributed by atoms with Gasteiger partial charge in [-0.25, -0.2) is 4.72 Å². The van der Waals surface area contributed by atoms with Crippen LogP contribution in [0.2, 0.25) is 0 Å². The summed E-state index contributed by atoms with van der Waals surface area (Å²) in [5, 5.41) is 0. The van der Waals surface area contributed by atoms with Gasteiger partial charge in [-0.3, -0.25) is 0 Å². The van der Waals surface area contributed by atoms with Gasteiger partial charge in [0.2, 0.25) is 0 Å². The van der Waals surface area contributed by atoms with E-state index in [9.17, 15) is 8.42 Å². The van der Waals surface area contributed by atoms with E-state index < -0.39 is 10.2 Å². The van der Waals surface area contributed by atoms with Gasteiger partial charge in [0, 0.05) is 19.1 Å². The van der Waals surface area contributed by atoms with Crippen LogP contribution in [0.15, 0.2) is 48.6 Å². The minimum absolute atomic E-state index is 0.0310. The van der Waals surface area contributed by atoms with E-state index in [0.717, 1.165) is 38.5 Å². The number of nitrogens with zero attached hydrogens (tertiary/aromatic N) is 1. The van der Waals surface area contributed by atoms with Gasteiger partial charge in [0.15, 0.2) is 0 Å². The Balaban J connectivity index is 4.15. The largest absolute Gasteiger partial charge is 0.308 e. The molecule has 0 saturated heterocycles. The van der Waals surface area contributed by atoms with Crippen LogP contribution in [0.5, 0.6) is 0 Å². The first-order valence-electron chi connectivity index (χ1n) is 19.9. The number of hydrogen-bond donors (Lipinski definition) is 2. The summed E-state index contributed by atoms with van der Waals surface area (Å²) in [5.41, 5.74) is 0. The first kappa shape index (κ1) is 45.8. The SMILES string of the molecule is CCCCC/C=C\C/C=C\CCCCCCCCC(CCCCCCCC/C=C\C/C=C\CCCCC)NS(=O)(=O)NCCN(C)C. The first-order valence-corrected chi connectivity index (χ1v) is 21.4. The summed E-state index contributed by atoms with van der Waals surface area (Å²) in [4.78, 5) is 1.99. The predicted molar refractivity (Wildman–Crippen MR) is 210 cm³/mol. The molecule has 0 saturated carbocycles. The molecule has 0 unspecified atom stereocenters. The topological polar surface area (TPSA) is 61.4 Å². The van der Waals surface area contributed by atoms with E-state index in [4.69, 9.17) is 0 Å². The summed E-state index contributed by atoms with van der Waals surface area (Å²) < 4.78 is 31.1. The van der Waals surface area contributed by atoms with Crippen LogP contribution in [0, 0.1) is 0 Å². The molecule has 0 aromatic rings. The summed E-state index contributed by atoms with van der Waals surface area (Å²) in [6, 6.07) is 0.0310. The number of unbranched alkanes of at least 4 members (excludes halogenated alkanes) is 18. The van der Waals surface area contributed by atoms with Crippen LogP contribution in [-0.2, 0) is 10.2 Å². The third-order valence-electron chi connectivity index (χ3n) is 8.68. The normalized spacial score (nSPS) is 12.9. The fraction of sp³-hybridized carbons (Fsp3) is 0.805. The molecule has 47 heavy (non-hydrogen) atoms. The average Bonchev–Trinajstić information content (AvgIpc) is 3.03. The van der Waals surface area contributed by atoms with Gasteiger partial charge >= 0.3 is 0 Å². The molecule has 0 aromatic carbocycles.